The Bertz CT molecular complexity index is 408. The van der Waals surface area contributed by atoms with Crippen LogP contribution in [-0.4, -0.2) is 31.1 Å². The van der Waals surface area contributed by atoms with Crippen LogP contribution in [0.4, 0.5) is 4.79 Å². The van der Waals surface area contributed by atoms with Crippen molar-refractivity contribution in [1.29, 1.82) is 0 Å². The van der Waals surface area contributed by atoms with Crippen molar-refractivity contribution in [3.63, 3.8) is 0 Å². The van der Waals surface area contributed by atoms with Crippen LogP contribution in [-0.2, 0) is 13.8 Å². The first-order valence-electron chi connectivity index (χ1n) is 7.94. The van der Waals surface area contributed by atoms with Crippen molar-refractivity contribution in [2.75, 3.05) is 18.9 Å². The van der Waals surface area contributed by atoms with Crippen LogP contribution >= 0.6 is 7.37 Å². The Morgan fingerprint density at radius 1 is 1.38 bits per heavy atom. The van der Waals surface area contributed by atoms with E-state index in [9.17, 15) is 9.36 Å². The van der Waals surface area contributed by atoms with Crippen molar-refractivity contribution in [1.82, 2.24) is 5.32 Å². The summed E-state index contributed by atoms with van der Waals surface area (Å²) < 4.78 is 23.3. The van der Waals surface area contributed by atoms with E-state index in [1.165, 1.54) is 0 Å². The highest BCUT2D eigenvalue weighted by atomic mass is 31.2. The van der Waals surface area contributed by atoms with E-state index in [0.29, 0.717) is 25.4 Å². The summed E-state index contributed by atoms with van der Waals surface area (Å²) in [6.45, 7) is 6.40. The van der Waals surface area contributed by atoms with E-state index in [2.05, 4.69) is 5.32 Å². The summed E-state index contributed by atoms with van der Waals surface area (Å²) in [6.07, 6.45) is 6.84. The Morgan fingerprint density at radius 2 is 2.14 bits per heavy atom. The second kappa shape index (κ2) is 9.14. The van der Waals surface area contributed by atoms with Gasteiger partial charge in [-0.3, -0.25) is 4.57 Å². The van der Waals surface area contributed by atoms with Crippen LogP contribution in [0.5, 0.6) is 0 Å². The van der Waals surface area contributed by atoms with Crippen molar-refractivity contribution in [3.8, 4) is 0 Å². The van der Waals surface area contributed by atoms with Crippen molar-refractivity contribution in [3.05, 3.63) is 11.8 Å². The molecule has 0 bridgehead atoms. The zero-order chi connectivity index (χ0) is 15.7. The molecule has 0 aromatic heterocycles. The lowest BCUT2D eigenvalue weighted by molar-refractivity contribution is 0.142. The molecular formula is C15H28NO4P. The number of hydrogen-bond acceptors (Lipinski definition) is 4. The van der Waals surface area contributed by atoms with Crippen LogP contribution in [0.1, 0.15) is 52.9 Å². The maximum absolute atomic E-state index is 12.5. The summed E-state index contributed by atoms with van der Waals surface area (Å²) in [5.74, 6) is 0.743. The summed E-state index contributed by atoms with van der Waals surface area (Å²) in [4.78, 5) is 11.6. The molecule has 1 rings (SSSR count). The first-order valence-corrected chi connectivity index (χ1v) is 9.94. The van der Waals surface area contributed by atoms with Gasteiger partial charge in [0, 0.05) is 18.7 Å². The van der Waals surface area contributed by atoms with E-state index in [1.54, 1.807) is 0 Å². The average Bonchev–Trinajstić information content (AvgIpc) is 2.86. The minimum Gasteiger partial charge on any atom is -0.450 e. The molecule has 1 N–H and O–H groups in total. The van der Waals surface area contributed by atoms with E-state index in [0.717, 1.165) is 31.4 Å². The van der Waals surface area contributed by atoms with Gasteiger partial charge in [0.05, 0.1) is 12.6 Å². The number of unbranched alkanes of at least 4 members (excludes halogenated alkanes) is 1. The normalized spacial score (nSPS) is 20.5. The topological polar surface area (TPSA) is 64.6 Å². The number of allylic oxidation sites excluding steroid dienone is 1. The third-order valence-electron chi connectivity index (χ3n) is 3.45. The maximum atomic E-state index is 12.5. The van der Waals surface area contributed by atoms with Crippen molar-refractivity contribution in [2.45, 2.75) is 58.9 Å². The lowest BCUT2D eigenvalue weighted by Gasteiger charge is -2.17. The van der Waals surface area contributed by atoms with Crippen molar-refractivity contribution < 1.29 is 18.6 Å². The minimum absolute atomic E-state index is 0.0824. The molecule has 0 heterocycles. The SMILES string of the molecule is CCCCOC(=O)NC1C=C(OP(=O)(CC)CCC)CC1. The Hall–Kier alpha value is -0.960. The monoisotopic (exact) mass is 317 g/mol. The zero-order valence-corrected chi connectivity index (χ0v) is 14.3. The highest BCUT2D eigenvalue weighted by Gasteiger charge is 2.26. The summed E-state index contributed by atoms with van der Waals surface area (Å²) >= 11 is 0. The molecule has 1 aliphatic carbocycles. The molecule has 0 saturated carbocycles. The summed E-state index contributed by atoms with van der Waals surface area (Å²) in [7, 11) is -2.54. The average molecular weight is 317 g/mol. The van der Waals surface area contributed by atoms with Crippen molar-refractivity contribution in [2.24, 2.45) is 0 Å². The van der Waals surface area contributed by atoms with Crippen LogP contribution in [0.2, 0.25) is 0 Å². The van der Waals surface area contributed by atoms with Crippen LogP contribution in [0.25, 0.3) is 0 Å². The van der Waals surface area contributed by atoms with Gasteiger partial charge in [0.2, 0.25) is 7.37 Å². The smallest absolute Gasteiger partial charge is 0.407 e. The molecule has 0 fully saturated rings. The Kier molecular flexibility index (Phi) is 7.87. The number of rotatable bonds is 9. The van der Waals surface area contributed by atoms with Gasteiger partial charge >= 0.3 is 6.09 Å². The third kappa shape index (κ3) is 6.56. The van der Waals surface area contributed by atoms with Crippen LogP contribution in [0.15, 0.2) is 11.8 Å². The van der Waals surface area contributed by atoms with Gasteiger partial charge in [0.25, 0.3) is 0 Å². The molecular weight excluding hydrogens is 289 g/mol. The van der Waals surface area contributed by atoms with E-state index >= 15 is 0 Å². The number of amides is 1. The molecule has 2 atom stereocenters. The van der Waals surface area contributed by atoms with Gasteiger partial charge < -0.3 is 14.6 Å². The number of hydrogen-bond donors (Lipinski definition) is 1. The molecule has 1 aliphatic rings. The summed E-state index contributed by atoms with van der Waals surface area (Å²) in [6, 6.07) is -0.0824. The Morgan fingerprint density at radius 3 is 2.76 bits per heavy atom. The quantitative estimate of drug-likeness (QED) is 0.509. The first kappa shape index (κ1) is 18.1. The number of nitrogens with one attached hydrogen (secondary N) is 1. The van der Waals surface area contributed by atoms with Gasteiger partial charge in [-0.25, -0.2) is 4.79 Å². The van der Waals surface area contributed by atoms with Gasteiger partial charge in [-0.2, -0.15) is 0 Å². The molecule has 0 saturated heterocycles. The van der Waals surface area contributed by atoms with Gasteiger partial charge in [-0.1, -0.05) is 27.2 Å². The Labute approximate surface area is 127 Å². The van der Waals surface area contributed by atoms with Crippen LogP contribution in [0.3, 0.4) is 0 Å². The molecule has 0 spiro atoms. The standard InChI is InChI=1S/C15H28NO4P/c1-4-7-10-19-15(17)16-13-8-9-14(12-13)20-21(18,6-3)11-5-2/h12-13H,4-11H2,1-3H3,(H,16,17). The highest BCUT2D eigenvalue weighted by Crippen LogP contribution is 2.50. The maximum Gasteiger partial charge on any atom is 0.407 e. The van der Waals surface area contributed by atoms with Crippen LogP contribution in [0, 0.1) is 0 Å². The predicted octanol–water partition coefficient (Wildman–Crippen LogP) is 4.28. The lowest BCUT2D eigenvalue weighted by atomic mass is 10.3. The molecule has 122 valence electrons. The number of alkyl carbamates (subject to hydrolysis) is 1. The fraction of sp³-hybridized carbons (Fsp3) is 0.800. The molecule has 1 amide bonds. The third-order valence-corrected chi connectivity index (χ3v) is 6.11. The summed E-state index contributed by atoms with van der Waals surface area (Å²) in [5, 5.41) is 2.80. The fourth-order valence-electron chi connectivity index (χ4n) is 2.20. The Balaban J connectivity index is 2.43. The molecule has 0 aromatic rings. The highest BCUT2D eigenvalue weighted by molar-refractivity contribution is 7.59. The largest absolute Gasteiger partial charge is 0.450 e. The summed E-state index contributed by atoms with van der Waals surface area (Å²) in [5.41, 5.74) is 0. The van der Waals surface area contributed by atoms with E-state index < -0.39 is 13.5 Å². The number of ether oxygens (including phenoxy) is 1. The fourth-order valence-corrected chi connectivity index (χ4v) is 4.00. The molecule has 5 nitrogen and oxygen atoms in total. The molecule has 0 radical (unpaired) electrons. The van der Waals surface area contributed by atoms with Gasteiger partial charge in [-0.15, -0.1) is 0 Å². The number of carbonyl (C=O) groups is 1. The van der Waals surface area contributed by atoms with E-state index in [4.69, 9.17) is 9.26 Å². The minimum atomic E-state index is -2.54. The van der Waals surface area contributed by atoms with Gasteiger partial charge in [0.1, 0.15) is 5.76 Å². The second-order valence-electron chi connectivity index (χ2n) is 5.36. The predicted molar refractivity (Wildman–Crippen MR) is 84.9 cm³/mol. The lowest BCUT2D eigenvalue weighted by Crippen LogP contribution is -2.32. The zero-order valence-electron chi connectivity index (χ0n) is 13.4. The van der Waals surface area contributed by atoms with Gasteiger partial charge in [0.15, 0.2) is 0 Å². The molecule has 0 aliphatic heterocycles. The molecule has 6 heteroatoms. The molecule has 21 heavy (non-hydrogen) atoms. The second-order valence-corrected chi connectivity index (χ2v) is 8.25. The number of carbonyl (C=O) groups excluding carboxylic acids is 1. The van der Waals surface area contributed by atoms with Gasteiger partial charge in [-0.05, 0) is 25.3 Å². The first-order chi connectivity index (χ1) is 10.0. The van der Waals surface area contributed by atoms with E-state index in [-0.39, 0.29) is 6.04 Å². The van der Waals surface area contributed by atoms with Crippen LogP contribution < -0.4 is 5.32 Å². The van der Waals surface area contributed by atoms with Crippen molar-refractivity contribution >= 4 is 13.5 Å². The molecule has 0 aromatic carbocycles. The van der Waals surface area contributed by atoms with E-state index in [1.807, 2.05) is 26.8 Å². The molecule has 2 unspecified atom stereocenters.